The van der Waals surface area contributed by atoms with Gasteiger partial charge in [0, 0.05) is 12.5 Å². The number of sulfonamides is 1. The third-order valence-electron chi connectivity index (χ3n) is 4.14. The largest absolute Gasteiger partial charge is 0.463 e. The van der Waals surface area contributed by atoms with Crippen LogP contribution in [0.4, 0.5) is 0 Å². The van der Waals surface area contributed by atoms with Gasteiger partial charge in [0.15, 0.2) is 0 Å². The van der Waals surface area contributed by atoms with Gasteiger partial charge < -0.3 is 14.2 Å². The van der Waals surface area contributed by atoms with Gasteiger partial charge in [0.05, 0.1) is 24.9 Å². The van der Waals surface area contributed by atoms with E-state index >= 15 is 0 Å². The lowest BCUT2D eigenvalue weighted by atomic mass is 9.93. The molecular weight excluding hydrogens is 314 g/mol. The number of rotatable bonds is 6. The van der Waals surface area contributed by atoms with E-state index in [2.05, 4.69) is 11.3 Å². The number of esters is 2. The molecule has 0 aromatic heterocycles. The first-order valence-corrected chi connectivity index (χ1v) is 8.62. The van der Waals surface area contributed by atoms with Crippen LogP contribution in [-0.4, -0.2) is 56.6 Å². The fraction of sp³-hybridized carbons (Fsp3) is 0.692. The fourth-order valence-corrected chi connectivity index (χ4v) is 5.03. The topological polar surface area (TPSA) is 108 Å². The summed E-state index contributed by atoms with van der Waals surface area (Å²) in [4.78, 5) is 22.6. The van der Waals surface area contributed by atoms with Crippen molar-refractivity contribution in [2.24, 2.45) is 0 Å². The Morgan fingerprint density at radius 1 is 1.41 bits per heavy atom. The molecule has 0 aromatic carbocycles. The average Bonchev–Trinajstić information content (AvgIpc) is 3.07. The molecule has 8 nitrogen and oxygen atoms in total. The minimum absolute atomic E-state index is 0.0845. The lowest BCUT2D eigenvalue weighted by Crippen LogP contribution is -2.45. The van der Waals surface area contributed by atoms with Gasteiger partial charge in [0.2, 0.25) is 10.0 Å². The molecule has 0 aliphatic carbocycles. The zero-order valence-corrected chi connectivity index (χ0v) is 12.6. The molecule has 3 fully saturated rings. The van der Waals surface area contributed by atoms with Gasteiger partial charge in [-0.05, 0) is 12.8 Å². The monoisotopic (exact) mass is 331 g/mol. The molecule has 9 heteroatoms. The first kappa shape index (κ1) is 15.4. The summed E-state index contributed by atoms with van der Waals surface area (Å²) in [5, 5.41) is -0.532. The first-order valence-electron chi connectivity index (χ1n) is 7.07. The molecule has 0 saturated carbocycles. The smallest absolute Gasteiger partial charge is 0.330 e. The van der Waals surface area contributed by atoms with E-state index in [9.17, 15) is 18.0 Å². The second kappa shape index (κ2) is 5.64. The Morgan fingerprint density at radius 3 is 2.91 bits per heavy atom. The van der Waals surface area contributed by atoms with Gasteiger partial charge >= 0.3 is 11.9 Å². The maximum absolute atomic E-state index is 11.8. The van der Waals surface area contributed by atoms with Crippen molar-refractivity contribution in [3.8, 4) is 0 Å². The highest BCUT2D eigenvalue weighted by Gasteiger charge is 2.65. The Labute approximate surface area is 127 Å². The van der Waals surface area contributed by atoms with E-state index in [0.717, 1.165) is 6.08 Å². The van der Waals surface area contributed by atoms with E-state index in [1.807, 2.05) is 0 Å². The lowest BCUT2D eigenvalue weighted by molar-refractivity contribution is -0.153. The van der Waals surface area contributed by atoms with E-state index in [4.69, 9.17) is 14.2 Å². The molecule has 22 heavy (non-hydrogen) atoms. The van der Waals surface area contributed by atoms with Crippen LogP contribution in [0, 0.1) is 0 Å². The van der Waals surface area contributed by atoms with Gasteiger partial charge in [0.1, 0.15) is 11.4 Å². The normalized spacial score (nSPS) is 37.0. The third-order valence-corrected chi connectivity index (χ3v) is 6.00. The van der Waals surface area contributed by atoms with E-state index in [1.54, 1.807) is 0 Å². The minimum Gasteiger partial charge on any atom is -0.463 e. The number of nitrogens with one attached hydrogen (secondary N) is 1. The quantitative estimate of drug-likeness (QED) is 0.387. The Hall–Kier alpha value is -1.45. The number of carbonyl (C=O) groups excluding carboxylic acids is 2. The Bertz CT molecular complexity index is 602. The summed E-state index contributed by atoms with van der Waals surface area (Å²) >= 11 is 0. The number of fused-ring (bicyclic) bond motifs is 1. The Balaban J connectivity index is 1.47. The molecule has 3 heterocycles. The van der Waals surface area contributed by atoms with Crippen LogP contribution in [0.3, 0.4) is 0 Å². The molecule has 5 atom stereocenters. The molecule has 2 bridgehead atoms. The number of ether oxygens (including phenoxy) is 3. The SMILES string of the molecule is C=CC(=O)OCCCC(=O)OC1C2CC3C(O2)C1NS3(=O)=O. The predicted molar refractivity (Wildman–Crippen MR) is 73.2 cm³/mol. The molecule has 0 radical (unpaired) electrons. The van der Waals surface area contributed by atoms with Crippen molar-refractivity contribution in [2.75, 3.05) is 6.61 Å². The summed E-state index contributed by atoms with van der Waals surface area (Å²) in [5.41, 5.74) is 0. The van der Waals surface area contributed by atoms with Crippen molar-refractivity contribution in [1.82, 2.24) is 4.72 Å². The zero-order chi connectivity index (χ0) is 15.9. The molecule has 5 unspecified atom stereocenters. The summed E-state index contributed by atoms with van der Waals surface area (Å²) < 4.78 is 41.9. The second-order valence-corrected chi connectivity index (χ2v) is 7.46. The van der Waals surface area contributed by atoms with Crippen LogP contribution >= 0.6 is 0 Å². The number of carbonyl (C=O) groups is 2. The summed E-state index contributed by atoms with van der Waals surface area (Å²) in [6.07, 6.45) is 0.439. The Kier molecular flexibility index (Phi) is 3.96. The predicted octanol–water partition coefficient (Wildman–Crippen LogP) is -0.751. The average molecular weight is 331 g/mol. The standard InChI is InChI=1S/C13H17NO7S/c1-2-9(15)19-5-3-4-10(16)21-12-7-6-8-13(20-7)11(12)14-22(8,17)18/h2,7-8,11-14H,1,3-6H2. The van der Waals surface area contributed by atoms with Crippen LogP contribution in [0.25, 0.3) is 0 Å². The first-order chi connectivity index (χ1) is 10.4. The van der Waals surface area contributed by atoms with Gasteiger partial charge in [-0.2, -0.15) is 0 Å². The highest BCUT2D eigenvalue weighted by Crippen LogP contribution is 2.44. The maximum atomic E-state index is 11.8. The van der Waals surface area contributed by atoms with Gasteiger partial charge in [0.25, 0.3) is 0 Å². The number of hydrogen-bond donors (Lipinski definition) is 1. The lowest BCUT2D eigenvalue weighted by Gasteiger charge is -2.22. The molecule has 0 spiro atoms. The van der Waals surface area contributed by atoms with Crippen molar-refractivity contribution in [3.63, 3.8) is 0 Å². The van der Waals surface area contributed by atoms with Gasteiger partial charge in [-0.1, -0.05) is 6.58 Å². The van der Waals surface area contributed by atoms with E-state index in [0.29, 0.717) is 12.8 Å². The van der Waals surface area contributed by atoms with E-state index in [-0.39, 0.29) is 19.1 Å². The zero-order valence-electron chi connectivity index (χ0n) is 11.8. The molecule has 3 saturated heterocycles. The summed E-state index contributed by atoms with van der Waals surface area (Å²) in [6.45, 7) is 3.36. The van der Waals surface area contributed by atoms with Crippen molar-refractivity contribution >= 4 is 22.0 Å². The van der Waals surface area contributed by atoms with Crippen molar-refractivity contribution in [2.45, 2.75) is 48.9 Å². The molecule has 0 aromatic rings. The van der Waals surface area contributed by atoms with Crippen molar-refractivity contribution in [3.05, 3.63) is 12.7 Å². The molecule has 3 aliphatic heterocycles. The highest BCUT2D eigenvalue weighted by atomic mass is 32.2. The van der Waals surface area contributed by atoms with E-state index < -0.39 is 45.5 Å². The number of hydrogen-bond acceptors (Lipinski definition) is 7. The van der Waals surface area contributed by atoms with Crippen LogP contribution in [0.15, 0.2) is 12.7 Å². The third kappa shape index (κ3) is 2.64. The maximum Gasteiger partial charge on any atom is 0.330 e. The minimum atomic E-state index is -3.37. The van der Waals surface area contributed by atoms with Crippen molar-refractivity contribution in [1.29, 1.82) is 0 Å². The molecule has 1 N–H and O–H groups in total. The summed E-state index contributed by atoms with van der Waals surface area (Å²) in [7, 11) is -3.37. The summed E-state index contributed by atoms with van der Waals surface area (Å²) in [5.74, 6) is -1.00. The molecule has 122 valence electrons. The highest BCUT2D eigenvalue weighted by molar-refractivity contribution is 7.90. The van der Waals surface area contributed by atoms with Crippen LogP contribution in [0.5, 0.6) is 0 Å². The van der Waals surface area contributed by atoms with Gasteiger partial charge in [-0.3, -0.25) is 4.79 Å². The molecule has 0 amide bonds. The van der Waals surface area contributed by atoms with Crippen LogP contribution < -0.4 is 4.72 Å². The van der Waals surface area contributed by atoms with Crippen LogP contribution in [-0.2, 0) is 33.8 Å². The van der Waals surface area contributed by atoms with Gasteiger partial charge in [-0.15, -0.1) is 0 Å². The van der Waals surface area contributed by atoms with E-state index in [1.165, 1.54) is 0 Å². The molecule has 3 rings (SSSR count). The molecular formula is C13H17NO7S. The van der Waals surface area contributed by atoms with Crippen molar-refractivity contribution < 1.29 is 32.2 Å². The van der Waals surface area contributed by atoms with Crippen LogP contribution in [0.1, 0.15) is 19.3 Å². The Morgan fingerprint density at radius 2 is 2.18 bits per heavy atom. The van der Waals surface area contributed by atoms with Crippen LogP contribution in [0.2, 0.25) is 0 Å². The fourth-order valence-electron chi connectivity index (χ4n) is 3.18. The summed E-state index contributed by atoms with van der Waals surface area (Å²) in [6, 6.07) is -0.490. The van der Waals surface area contributed by atoms with Gasteiger partial charge in [-0.25, -0.2) is 17.9 Å². The second-order valence-electron chi connectivity index (χ2n) is 5.53. The molecule has 3 aliphatic rings.